The lowest BCUT2D eigenvalue weighted by Crippen LogP contribution is -2.29. The minimum Gasteiger partial charge on any atom is -0.364 e. The molecule has 0 saturated heterocycles. The van der Waals surface area contributed by atoms with Crippen LogP contribution in [0.5, 0.6) is 0 Å². The fourth-order valence-electron chi connectivity index (χ4n) is 4.53. The van der Waals surface area contributed by atoms with Gasteiger partial charge in [-0.2, -0.15) is 0 Å². The Hall–Kier alpha value is -4.02. The van der Waals surface area contributed by atoms with Crippen molar-refractivity contribution in [3.05, 3.63) is 130 Å². The number of fused-ring (bicyclic) bond motifs is 2. The molecular formula is C29H23NO3. The normalized spacial score (nSPS) is 12.2. The number of rotatable bonds is 6. The molecule has 4 heteroatoms. The van der Waals surface area contributed by atoms with Crippen molar-refractivity contribution in [1.29, 1.82) is 0 Å². The average Bonchev–Trinajstić information content (AvgIpc) is 2.86. The summed E-state index contributed by atoms with van der Waals surface area (Å²) in [6.45, 7) is 0.108. The van der Waals surface area contributed by atoms with Gasteiger partial charge in [0.25, 0.3) is 5.56 Å². The van der Waals surface area contributed by atoms with E-state index >= 15 is 0 Å². The molecule has 0 N–H and O–H groups in total. The van der Waals surface area contributed by atoms with Gasteiger partial charge in [-0.1, -0.05) is 91.0 Å². The topological polar surface area (TPSA) is 48.3 Å². The maximum absolute atomic E-state index is 14.1. The Balaban J connectivity index is 1.79. The monoisotopic (exact) mass is 433 g/mol. The first kappa shape index (κ1) is 20.9. The Morgan fingerprint density at radius 2 is 1.48 bits per heavy atom. The molecule has 1 atom stereocenters. The summed E-state index contributed by atoms with van der Waals surface area (Å²) < 4.78 is 6.93. The summed E-state index contributed by atoms with van der Waals surface area (Å²) in [4.78, 5) is 27.9. The summed E-state index contributed by atoms with van der Waals surface area (Å²) in [5.74, 6) is -0.841. The number of nitrogens with zero attached hydrogens (tertiary/aromatic N) is 1. The van der Waals surface area contributed by atoms with Crippen molar-refractivity contribution in [1.82, 2.24) is 4.57 Å². The number of carbonyl (C=O) groups is 1. The van der Waals surface area contributed by atoms with E-state index < -0.39 is 5.92 Å². The summed E-state index contributed by atoms with van der Waals surface area (Å²) in [5.41, 5.74) is 2.38. The molecule has 0 fully saturated rings. The summed E-state index contributed by atoms with van der Waals surface area (Å²) in [5, 5.41) is 2.75. The summed E-state index contributed by atoms with van der Waals surface area (Å²) in [6, 6.07) is 32.6. The third-order valence-electron chi connectivity index (χ3n) is 6.05. The molecule has 5 aromatic rings. The Labute approximate surface area is 191 Å². The van der Waals surface area contributed by atoms with Gasteiger partial charge in [-0.05, 0) is 33.9 Å². The second-order valence-electron chi connectivity index (χ2n) is 8.04. The molecule has 0 aliphatic rings. The van der Waals surface area contributed by atoms with Crippen LogP contribution in [0.15, 0.2) is 108 Å². The molecule has 33 heavy (non-hydrogen) atoms. The van der Waals surface area contributed by atoms with Crippen LogP contribution in [0.4, 0.5) is 0 Å². The molecule has 0 amide bonds. The number of hydrogen-bond acceptors (Lipinski definition) is 3. The van der Waals surface area contributed by atoms with Crippen LogP contribution in [0.2, 0.25) is 0 Å². The number of methoxy groups -OCH3 is 1. The largest absolute Gasteiger partial charge is 0.364 e. The van der Waals surface area contributed by atoms with Gasteiger partial charge in [0.2, 0.25) is 0 Å². The van der Waals surface area contributed by atoms with Crippen LogP contribution >= 0.6 is 0 Å². The van der Waals surface area contributed by atoms with E-state index in [2.05, 4.69) is 0 Å². The Kier molecular flexibility index (Phi) is 5.59. The summed E-state index contributed by atoms with van der Waals surface area (Å²) in [6.07, 6.45) is 0. The van der Waals surface area contributed by atoms with Crippen molar-refractivity contribution >= 4 is 27.5 Å². The number of aromatic nitrogens is 1. The van der Waals surface area contributed by atoms with Crippen molar-refractivity contribution < 1.29 is 9.53 Å². The van der Waals surface area contributed by atoms with Gasteiger partial charge in [-0.25, -0.2) is 0 Å². The highest BCUT2D eigenvalue weighted by Crippen LogP contribution is 2.31. The van der Waals surface area contributed by atoms with Gasteiger partial charge in [0.05, 0.1) is 11.4 Å². The zero-order chi connectivity index (χ0) is 22.8. The first-order valence-corrected chi connectivity index (χ1v) is 10.9. The number of para-hydroxylation sites is 1. The first-order valence-electron chi connectivity index (χ1n) is 10.9. The highest BCUT2D eigenvalue weighted by Gasteiger charge is 2.29. The summed E-state index contributed by atoms with van der Waals surface area (Å²) in [7, 11) is 1.56. The highest BCUT2D eigenvalue weighted by atomic mass is 16.5. The van der Waals surface area contributed by atoms with Crippen molar-refractivity contribution in [2.45, 2.75) is 12.6 Å². The number of pyridine rings is 1. The number of ketones is 1. The maximum Gasteiger partial charge on any atom is 0.257 e. The van der Waals surface area contributed by atoms with Crippen LogP contribution in [0.3, 0.4) is 0 Å². The number of benzene rings is 4. The second kappa shape index (κ2) is 8.85. The van der Waals surface area contributed by atoms with Gasteiger partial charge in [0, 0.05) is 18.2 Å². The van der Waals surface area contributed by atoms with Gasteiger partial charge in [-0.3, -0.25) is 14.2 Å². The van der Waals surface area contributed by atoms with Gasteiger partial charge in [0.15, 0.2) is 5.78 Å². The van der Waals surface area contributed by atoms with Crippen molar-refractivity contribution in [2.24, 2.45) is 0 Å². The summed E-state index contributed by atoms with van der Waals surface area (Å²) >= 11 is 0. The Morgan fingerprint density at radius 1 is 0.818 bits per heavy atom. The SMILES string of the molecule is COCn1c(=O)c([C@H](C(=O)c2cccc3ccccc23)c2ccccc2)cc2ccccc21. The van der Waals surface area contributed by atoms with Crippen LogP contribution in [0, 0.1) is 0 Å². The standard InChI is InChI=1S/C29H23NO3/c1-33-19-30-26-17-8-6-13-22(26)18-25(29(30)32)27(21-11-3-2-4-12-21)28(31)24-16-9-14-20-10-5-7-15-23(20)24/h2-18,27H,19H2,1H3/t27-/m1/s1. The van der Waals surface area contributed by atoms with Crippen molar-refractivity contribution in [2.75, 3.05) is 7.11 Å². The van der Waals surface area contributed by atoms with E-state index in [0.29, 0.717) is 11.1 Å². The van der Waals surface area contributed by atoms with Gasteiger partial charge in [-0.15, -0.1) is 0 Å². The molecule has 0 bridgehead atoms. The molecule has 4 nitrogen and oxygen atoms in total. The number of hydrogen-bond donors (Lipinski definition) is 0. The minimum absolute atomic E-state index is 0.102. The van der Waals surface area contributed by atoms with Crippen LogP contribution in [0.1, 0.15) is 27.4 Å². The van der Waals surface area contributed by atoms with Gasteiger partial charge < -0.3 is 4.74 Å². The van der Waals surface area contributed by atoms with E-state index in [9.17, 15) is 9.59 Å². The number of Topliss-reactive ketones (excluding diaryl/α,β-unsaturated/α-hetero) is 1. The fraction of sp³-hybridized carbons (Fsp3) is 0.103. The first-order chi connectivity index (χ1) is 16.2. The van der Waals surface area contributed by atoms with Gasteiger partial charge in [0.1, 0.15) is 6.73 Å². The molecule has 0 aliphatic carbocycles. The van der Waals surface area contributed by atoms with E-state index in [4.69, 9.17) is 4.74 Å². The quantitative estimate of drug-likeness (QED) is 0.319. The van der Waals surface area contributed by atoms with E-state index in [1.165, 1.54) is 0 Å². The molecule has 1 heterocycles. The molecule has 0 aliphatic heterocycles. The molecule has 4 aromatic carbocycles. The molecule has 0 radical (unpaired) electrons. The molecule has 0 unspecified atom stereocenters. The van der Waals surface area contributed by atoms with E-state index in [0.717, 1.165) is 27.2 Å². The Bertz CT molecular complexity index is 1510. The average molecular weight is 434 g/mol. The lowest BCUT2D eigenvalue weighted by Gasteiger charge is -2.20. The predicted octanol–water partition coefficient (Wildman–Crippen LogP) is 5.77. The van der Waals surface area contributed by atoms with Crippen molar-refractivity contribution in [3.63, 3.8) is 0 Å². The molecule has 162 valence electrons. The van der Waals surface area contributed by atoms with E-state index in [1.54, 1.807) is 11.7 Å². The highest BCUT2D eigenvalue weighted by molar-refractivity contribution is 6.12. The second-order valence-corrected chi connectivity index (χ2v) is 8.04. The third kappa shape index (κ3) is 3.75. The predicted molar refractivity (Wildman–Crippen MR) is 132 cm³/mol. The minimum atomic E-state index is -0.739. The molecule has 5 rings (SSSR count). The van der Waals surface area contributed by atoms with Crippen LogP contribution < -0.4 is 5.56 Å². The molecular weight excluding hydrogens is 410 g/mol. The molecule has 1 aromatic heterocycles. The van der Waals surface area contributed by atoms with Crippen molar-refractivity contribution in [3.8, 4) is 0 Å². The van der Waals surface area contributed by atoms with E-state index in [1.807, 2.05) is 103 Å². The van der Waals surface area contributed by atoms with Crippen LogP contribution in [-0.4, -0.2) is 17.5 Å². The van der Waals surface area contributed by atoms with Crippen LogP contribution in [-0.2, 0) is 11.5 Å². The lowest BCUT2D eigenvalue weighted by molar-refractivity contribution is 0.0973. The molecule has 0 saturated carbocycles. The zero-order valence-corrected chi connectivity index (χ0v) is 18.3. The molecule has 0 spiro atoms. The lowest BCUT2D eigenvalue weighted by atomic mass is 9.83. The van der Waals surface area contributed by atoms with Crippen LogP contribution in [0.25, 0.3) is 21.7 Å². The number of carbonyl (C=O) groups excluding carboxylic acids is 1. The zero-order valence-electron chi connectivity index (χ0n) is 18.3. The number of ether oxygens (including phenoxy) is 1. The van der Waals surface area contributed by atoms with Gasteiger partial charge >= 0.3 is 0 Å². The maximum atomic E-state index is 14.1. The third-order valence-corrected chi connectivity index (χ3v) is 6.05. The smallest absolute Gasteiger partial charge is 0.257 e. The Morgan fingerprint density at radius 3 is 2.27 bits per heavy atom. The fourth-order valence-corrected chi connectivity index (χ4v) is 4.53. The van der Waals surface area contributed by atoms with E-state index in [-0.39, 0.29) is 18.1 Å².